The molecule has 0 aliphatic heterocycles. The van der Waals surface area contributed by atoms with E-state index in [1.54, 1.807) is 24.3 Å². The van der Waals surface area contributed by atoms with Crippen molar-refractivity contribution < 1.29 is 14.6 Å². The summed E-state index contributed by atoms with van der Waals surface area (Å²) < 4.78 is 5.27. The SMILES string of the molecule is CCCC(O)CNC(=O)COc1ccccc1N. The number of carbonyl (C=O) groups is 1. The van der Waals surface area contributed by atoms with Crippen LogP contribution in [0, 0.1) is 0 Å². The molecule has 1 amide bonds. The number of anilines is 1. The highest BCUT2D eigenvalue weighted by Crippen LogP contribution is 2.19. The van der Waals surface area contributed by atoms with Gasteiger partial charge in [0.1, 0.15) is 5.75 Å². The number of amides is 1. The highest BCUT2D eigenvalue weighted by atomic mass is 16.5. The van der Waals surface area contributed by atoms with E-state index < -0.39 is 6.10 Å². The van der Waals surface area contributed by atoms with Crippen molar-refractivity contribution in [2.24, 2.45) is 0 Å². The zero-order chi connectivity index (χ0) is 13.4. The molecule has 1 aromatic rings. The van der Waals surface area contributed by atoms with Crippen molar-refractivity contribution in [3.63, 3.8) is 0 Å². The largest absolute Gasteiger partial charge is 0.482 e. The van der Waals surface area contributed by atoms with Crippen LogP contribution in [-0.2, 0) is 4.79 Å². The average molecular weight is 252 g/mol. The van der Waals surface area contributed by atoms with Gasteiger partial charge in [0.15, 0.2) is 6.61 Å². The molecule has 0 aliphatic carbocycles. The number of hydrogen-bond donors (Lipinski definition) is 3. The molecule has 0 fully saturated rings. The molecule has 1 aromatic carbocycles. The lowest BCUT2D eigenvalue weighted by molar-refractivity contribution is -0.123. The third kappa shape index (κ3) is 5.05. The fourth-order valence-corrected chi connectivity index (χ4v) is 1.47. The summed E-state index contributed by atoms with van der Waals surface area (Å²) in [5.41, 5.74) is 6.17. The second-order valence-corrected chi connectivity index (χ2v) is 4.07. The Hall–Kier alpha value is -1.75. The van der Waals surface area contributed by atoms with Crippen LogP contribution in [0.4, 0.5) is 5.69 Å². The minimum Gasteiger partial charge on any atom is -0.482 e. The van der Waals surface area contributed by atoms with E-state index in [-0.39, 0.29) is 19.1 Å². The van der Waals surface area contributed by atoms with Gasteiger partial charge >= 0.3 is 0 Å². The molecule has 1 atom stereocenters. The summed E-state index contributed by atoms with van der Waals surface area (Å²) in [6.07, 6.45) is 1.06. The van der Waals surface area contributed by atoms with Crippen molar-refractivity contribution in [1.29, 1.82) is 0 Å². The van der Waals surface area contributed by atoms with Gasteiger partial charge < -0.3 is 20.9 Å². The lowest BCUT2D eigenvalue weighted by Gasteiger charge is -2.12. The van der Waals surface area contributed by atoms with Gasteiger partial charge in [0, 0.05) is 6.54 Å². The van der Waals surface area contributed by atoms with Gasteiger partial charge in [-0.15, -0.1) is 0 Å². The van der Waals surface area contributed by atoms with Gasteiger partial charge in [-0.2, -0.15) is 0 Å². The van der Waals surface area contributed by atoms with E-state index in [1.807, 2.05) is 6.92 Å². The average Bonchev–Trinajstić information content (AvgIpc) is 2.36. The Morgan fingerprint density at radius 2 is 2.22 bits per heavy atom. The Labute approximate surface area is 107 Å². The Kier molecular flexibility index (Phi) is 6.00. The summed E-state index contributed by atoms with van der Waals surface area (Å²) >= 11 is 0. The normalized spacial score (nSPS) is 11.9. The summed E-state index contributed by atoms with van der Waals surface area (Å²) in [6, 6.07) is 6.99. The molecule has 4 N–H and O–H groups in total. The molecule has 0 radical (unpaired) electrons. The first-order chi connectivity index (χ1) is 8.63. The number of rotatable bonds is 7. The topological polar surface area (TPSA) is 84.6 Å². The van der Waals surface area contributed by atoms with Gasteiger partial charge in [-0.05, 0) is 18.6 Å². The van der Waals surface area contributed by atoms with Crippen LogP contribution in [0.1, 0.15) is 19.8 Å². The van der Waals surface area contributed by atoms with Crippen molar-refractivity contribution in [2.45, 2.75) is 25.9 Å². The number of nitrogens with one attached hydrogen (secondary N) is 1. The molecule has 0 bridgehead atoms. The molecule has 0 saturated heterocycles. The second kappa shape index (κ2) is 7.55. The Morgan fingerprint density at radius 3 is 2.89 bits per heavy atom. The first kappa shape index (κ1) is 14.3. The van der Waals surface area contributed by atoms with Gasteiger partial charge in [0.2, 0.25) is 0 Å². The maximum absolute atomic E-state index is 11.4. The quantitative estimate of drug-likeness (QED) is 0.630. The summed E-state index contributed by atoms with van der Waals surface area (Å²) in [6.45, 7) is 2.12. The fraction of sp³-hybridized carbons (Fsp3) is 0.462. The molecule has 1 unspecified atom stereocenters. The number of carbonyl (C=O) groups excluding carboxylic acids is 1. The van der Waals surface area contributed by atoms with E-state index in [4.69, 9.17) is 10.5 Å². The van der Waals surface area contributed by atoms with E-state index in [0.717, 1.165) is 6.42 Å². The molecule has 18 heavy (non-hydrogen) atoms. The van der Waals surface area contributed by atoms with Crippen molar-refractivity contribution in [3.8, 4) is 5.75 Å². The zero-order valence-corrected chi connectivity index (χ0v) is 10.6. The van der Waals surface area contributed by atoms with E-state index in [0.29, 0.717) is 17.9 Å². The van der Waals surface area contributed by atoms with Crippen LogP contribution in [0.15, 0.2) is 24.3 Å². The maximum Gasteiger partial charge on any atom is 0.258 e. The van der Waals surface area contributed by atoms with E-state index >= 15 is 0 Å². The standard InChI is InChI=1S/C13H20N2O3/c1-2-5-10(16)8-15-13(17)9-18-12-7-4-3-6-11(12)14/h3-4,6-7,10,16H,2,5,8-9,14H2,1H3,(H,15,17). The first-order valence-electron chi connectivity index (χ1n) is 6.05. The van der Waals surface area contributed by atoms with E-state index in [9.17, 15) is 9.90 Å². The van der Waals surface area contributed by atoms with E-state index in [2.05, 4.69) is 5.32 Å². The van der Waals surface area contributed by atoms with Crippen LogP contribution in [0.2, 0.25) is 0 Å². The molecule has 100 valence electrons. The number of ether oxygens (including phenoxy) is 1. The predicted octanol–water partition coefficient (Wildman–Crippen LogP) is 0.925. The number of hydrogen-bond acceptors (Lipinski definition) is 4. The van der Waals surface area contributed by atoms with Crippen molar-refractivity contribution >= 4 is 11.6 Å². The van der Waals surface area contributed by atoms with Crippen molar-refractivity contribution in [3.05, 3.63) is 24.3 Å². The second-order valence-electron chi connectivity index (χ2n) is 4.07. The summed E-state index contributed by atoms with van der Waals surface area (Å²) in [5.74, 6) is 0.218. The molecule has 0 heterocycles. The Morgan fingerprint density at radius 1 is 1.50 bits per heavy atom. The first-order valence-corrected chi connectivity index (χ1v) is 6.05. The Bertz CT molecular complexity index is 382. The summed E-state index contributed by atoms with van der Waals surface area (Å²) in [4.78, 5) is 11.4. The minimum absolute atomic E-state index is 0.104. The third-order valence-electron chi connectivity index (χ3n) is 2.43. The van der Waals surface area contributed by atoms with Gasteiger partial charge in [0.05, 0.1) is 11.8 Å². The number of para-hydroxylation sites is 2. The van der Waals surface area contributed by atoms with Crippen molar-refractivity contribution in [1.82, 2.24) is 5.32 Å². The monoisotopic (exact) mass is 252 g/mol. The van der Waals surface area contributed by atoms with Crippen LogP contribution in [0.25, 0.3) is 0 Å². The van der Waals surface area contributed by atoms with Crippen LogP contribution in [0.3, 0.4) is 0 Å². The Balaban J connectivity index is 2.27. The van der Waals surface area contributed by atoms with Crippen LogP contribution >= 0.6 is 0 Å². The minimum atomic E-state index is -0.499. The van der Waals surface area contributed by atoms with Gasteiger partial charge in [-0.3, -0.25) is 4.79 Å². The number of nitrogen functional groups attached to an aromatic ring is 1. The van der Waals surface area contributed by atoms with Gasteiger partial charge in [0.25, 0.3) is 5.91 Å². The molecule has 0 aliphatic rings. The van der Waals surface area contributed by atoms with Crippen LogP contribution in [0.5, 0.6) is 5.75 Å². The number of nitrogens with two attached hydrogens (primary N) is 1. The molecule has 0 spiro atoms. The third-order valence-corrected chi connectivity index (χ3v) is 2.43. The summed E-state index contributed by atoms with van der Waals surface area (Å²) in [5, 5.41) is 12.1. The smallest absolute Gasteiger partial charge is 0.258 e. The fourth-order valence-electron chi connectivity index (χ4n) is 1.47. The summed E-state index contributed by atoms with van der Waals surface area (Å²) in [7, 11) is 0. The molecule has 5 nitrogen and oxygen atoms in total. The van der Waals surface area contributed by atoms with Crippen LogP contribution in [-0.4, -0.2) is 30.3 Å². The molecule has 0 aromatic heterocycles. The highest BCUT2D eigenvalue weighted by Gasteiger charge is 2.07. The van der Waals surface area contributed by atoms with Gasteiger partial charge in [-0.25, -0.2) is 0 Å². The van der Waals surface area contributed by atoms with E-state index in [1.165, 1.54) is 0 Å². The lowest BCUT2D eigenvalue weighted by Crippen LogP contribution is -2.35. The number of benzene rings is 1. The molecular weight excluding hydrogens is 232 g/mol. The van der Waals surface area contributed by atoms with Crippen molar-refractivity contribution in [2.75, 3.05) is 18.9 Å². The number of aliphatic hydroxyl groups excluding tert-OH is 1. The molecular formula is C13H20N2O3. The highest BCUT2D eigenvalue weighted by molar-refractivity contribution is 5.77. The predicted molar refractivity (Wildman–Crippen MR) is 70.3 cm³/mol. The molecule has 0 saturated carbocycles. The van der Waals surface area contributed by atoms with Crippen LogP contribution < -0.4 is 15.8 Å². The maximum atomic E-state index is 11.4. The van der Waals surface area contributed by atoms with Gasteiger partial charge in [-0.1, -0.05) is 25.5 Å². The zero-order valence-electron chi connectivity index (χ0n) is 10.6. The lowest BCUT2D eigenvalue weighted by atomic mass is 10.2. The number of aliphatic hydroxyl groups is 1. The molecule has 5 heteroatoms. The molecule has 1 rings (SSSR count).